The van der Waals surface area contributed by atoms with Gasteiger partial charge in [-0.25, -0.2) is 0 Å². The van der Waals surface area contributed by atoms with Gasteiger partial charge in [0, 0.05) is 6.54 Å². The zero-order chi connectivity index (χ0) is 8.69. The molecule has 0 aromatic carbocycles. The molecule has 66 valence electrons. The average molecular weight is 176 g/mol. The second-order valence-corrected chi connectivity index (χ2v) is 2.74. The number of hydrogen-bond donors (Lipinski definition) is 3. The molecule has 0 fully saturated rings. The van der Waals surface area contributed by atoms with Crippen molar-refractivity contribution in [1.29, 1.82) is 0 Å². The third-order valence-electron chi connectivity index (χ3n) is 1.41. The molecule has 5 heteroatoms. The minimum atomic E-state index is 0.295. The molecule has 0 saturated heterocycles. The maximum atomic E-state index is 5.34. The Labute approximate surface area is 72.9 Å². The van der Waals surface area contributed by atoms with Gasteiger partial charge in [0.25, 0.3) is 0 Å². The molecule has 0 spiro atoms. The van der Waals surface area contributed by atoms with Crippen LogP contribution in [0.1, 0.15) is 26.2 Å². The van der Waals surface area contributed by atoms with Crippen LogP contribution in [-0.2, 0) is 0 Å². The lowest BCUT2D eigenvalue weighted by atomic mass is 10.2. The van der Waals surface area contributed by atoms with Crippen molar-refractivity contribution in [2.75, 3.05) is 6.54 Å². The van der Waals surface area contributed by atoms with Gasteiger partial charge < -0.3 is 5.73 Å². The molecule has 0 aliphatic carbocycles. The van der Waals surface area contributed by atoms with E-state index in [1.165, 1.54) is 12.8 Å². The molecule has 5 N–H and O–H groups in total. The lowest BCUT2D eigenvalue weighted by Crippen LogP contribution is -2.49. The molecule has 0 aromatic heterocycles. The van der Waals surface area contributed by atoms with Gasteiger partial charge in [-0.15, -0.1) is 0 Å². The molecule has 0 aromatic rings. The van der Waals surface area contributed by atoms with Gasteiger partial charge in [0.2, 0.25) is 0 Å². The molecule has 4 nitrogen and oxygen atoms in total. The van der Waals surface area contributed by atoms with E-state index in [4.69, 9.17) is 23.8 Å². The predicted molar refractivity (Wildman–Crippen MR) is 50.3 cm³/mol. The monoisotopic (exact) mass is 176 g/mol. The number of rotatable bonds is 5. The van der Waals surface area contributed by atoms with Crippen molar-refractivity contribution < 1.29 is 0 Å². The predicted octanol–water partition coefficient (Wildman–Crippen LogP) is 0.101. The Kier molecular flexibility index (Phi) is 6.10. The molecule has 0 saturated carbocycles. The Morgan fingerprint density at radius 3 is 2.55 bits per heavy atom. The minimum absolute atomic E-state index is 0.295. The Morgan fingerprint density at radius 1 is 1.55 bits per heavy atom. The SMILES string of the molecule is CCCCCN(NN)C(N)=S. The smallest absolute Gasteiger partial charge is 0.181 e. The van der Waals surface area contributed by atoms with Crippen molar-refractivity contribution in [2.24, 2.45) is 11.6 Å². The summed E-state index contributed by atoms with van der Waals surface area (Å²) in [5, 5.41) is 1.86. The largest absolute Gasteiger partial charge is 0.375 e. The van der Waals surface area contributed by atoms with Gasteiger partial charge in [-0.3, -0.25) is 10.9 Å². The number of thiocarbonyl (C=S) groups is 1. The fourth-order valence-electron chi connectivity index (χ4n) is 0.758. The van der Waals surface area contributed by atoms with Gasteiger partial charge in [-0.2, -0.15) is 5.53 Å². The number of hydrazine groups is 2. The van der Waals surface area contributed by atoms with Crippen LogP contribution in [0.2, 0.25) is 0 Å². The molecule has 0 atom stereocenters. The van der Waals surface area contributed by atoms with E-state index in [0.717, 1.165) is 13.0 Å². The fourth-order valence-corrected chi connectivity index (χ4v) is 0.902. The first-order valence-corrected chi connectivity index (χ1v) is 4.16. The van der Waals surface area contributed by atoms with Gasteiger partial charge in [-0.1, -0.05) is 19.8 Å². The van der Waals surface area contributed by atoms with Crippen LogP contribution in [0.3, 0.4) is 0 Å². The normalized spacial score (nSPS) is 9.64. The summed E-state index contributed by atoms with van der Waals surface area (Å²) in [6.45, 7) is 2.92. The van der Waals surface area contributed by atoms with E-state index in [-0.39, 0.29) is 0 Å². The summed E-state index contributed by atoms with van der Waals surface area (Å²) in [7, 11) is 0. The van der Waals surface area contributed by atoms with E-state index in [1.807, 2.05) is 0 Å². The van der Waals surface area contributed by atoms with Crippen molar-refractivity contribution in [3.8, 4) is 0 Å². The zero-order valence-electron chi connectivity index (χ0n) is 6.84. The van der Waals surface area contributed by atoms with Crippen molar-refractivity contribution in [3.05, 3.63) is 0 Å². The molecular weight excluding hydrogens is 160 g/mol. The average Bonchev–Trinajstić information content (AvgIpc) is 1.97. The number of nitrogens with two attached hydrogens (primary N) is 2. The van der Waals surface area contributed by atoms with Crippen LogP contribution >= 0.6 is 12.2 Å². The molecule has 0 aliphatic rings. The van der Waals surface area contributed by atoms with Crippen LogP contribution in [0.25, 0.3) is 0 Å². The third kappa shape index (κ3) is 4.94. The summed E-state index contributed by atoms with van der Waals surface area (Å²) in [5.41, 5.74) is 7.77. The summed E-state index contributed by atoms with van der Waals surface area (Å²) in [5.74, 6) is 5.16. The molecule has 0 unspecified atom stereocenters. The number of hydrogen-bond acceptors (Lipinski definition) is 3. The summed E-state index contributed by atoms with van der Waals surface area (Å²) < 4.78 is 0. The Morgan fingerprint density at radius 2 is 2.18 bits per heavy atom. The Bertz CT molecular complexity index is 117. The van der Waals surface area contributed by atoms with Crippen LogP contribution in [-0.4, -0.2) is 16.7 Å². The molecule has 0 heterocycles. The quantitative estimate of drug-likeness (QED) is 0.240. The first-order valence-electron chi connectivity index (χ1n) is 3.75. The number of unbranched alkanes of at least 4 members (excludes halogenated alkanes) is 2. The summed E-state index contributed by atoms with van der Waals surface area (Å²) in [6.07, 6.45) is 3.40. The Hall–Kier alpha value is -0.390. The number of nitrogens with zero attached hydrogens (tertiary/aromatic N) is 1. The highest BCUT2D eigenvalue weighted by atomic mass is 32.1. The van der Waals surface area contributed by atoms with Crippen molar-refractivity contribution in [1.82, 2.24) is 10.5 Å². The van der Waals surface area contributed by atoms with Crippen molar-refractivity contribution in [3.63, 3.8) is 0 Å². The summed E-state index contributed by atoms with van der Waals surface area (Å²) in [4.78, 5) is 0. The van der Waals surface area contributed by atoms with Gasteiger partial charge in [-0.05, 0) is 18.6 Å². The lowest BCUT2D eigenvalue weighted by Gasteiger charge is -2.19. The van der Waals surface area contributed by atoms with Gasteiger partial charge >= 0.3 is 0 Å². The maximum Gasteiger partial charge on any atom is 0.181 e. The topological polar surface area (TPSA) is 67.3 Å². The molecule has 0 radical (unpaired) electrons. The van der Waals surface area contributed by atoms with E-state index in [0.29, 0.717) is 5.11 Å². The van der Waals surface area contributed by atoms with Gasteiger partial charge in [0.1, 0.15) is 0 Å². The molecule has 0 aliphatic heterocycles. The van der Waals surface area contributed by atoms with Crippen molar-refractivity contribution in [2.45, 2.75) is 26.2 Å². The molecule has 11 heavy (non-hydrogen) atoms. The highest BCUT2D eigenvalue weighted by Crippen LogP contribution is 1.94. The second-order valence-electron chi connectivity index (χ2n) is 2.33. The minimum Gasteiger partial charge on any atom is -0.375 e. The van der Waals surface area contributed by atoms with Crippen LogP contribution in [0, 0.1) is 0 Å². The van der Waals surface area contributed by atoms with Crippen LogP contribution < -0.4 is 17.1 Å². The van der Waals surface area contributed by atoms with E-state index < -0.39 is 0 Å². The summed E-state index contributed by atoms with van der Waals surface area (Å²) in [6, 6.07) is 0. The van der Waals surface area contributed by atoms with E-state index in [1.54, 1.807) is 5.01 Å². The van der Waals surface area contributed by atoms with Crippen LogP contribution in [0.5, 0.6) is 0 Å². The molecule has 0 rings (SSSR count). The lowest BCUT2D eigenvalue weighted by molar-refractivity contribution is 0.308. The fraction of sp³-hybridized carbons (Fsp3) is 0.833. The van der Waals surface area contributed by atoms with Gasteiger partial charge in [0.05, 0.1) is 0 Å². The van der Waals surface area contributed by atoms with Crippen LogP contribution in [0.15, 0.2) is 0 Å². The van der Waals surface area contributed by atoms with Gasteiger partial charge in [0.15, 0.2) is 5.11 Å². The summed E-state index contributed by atoms with van der Waals surface area (Å²) >= 11 is 4.73. The van der Waals surface area contributed by atoms with E-state index in [9.17, 15) is 0 Å². The maximum absolute atomic E-state index is 5.34. The zero-order valence-corrected chi connectivity index (χ0v) is 7.66. The van der Waals surface area contributed by atoms with Crippen molar-refractivity contribution >= 4 is 17.3 Å². The Balaban J connectivity index is 3.44. The number of nitrogens with one attached hydrogen (secondary N) is 1. The third-order valence-corrected chi connectivity index (χ3v) is 1.63. The molecule has 0 amide bonds. The highest BCUT2D eigenvalue weighted by Gasteiger charge is 2.01. The first-order chi connectivity index (χ1) is 5.22. The molecular formula is C6H16N4S. The second kappa shape index (κ2) is 6.33. The standard InChI is InChI=1S/C6H16N4S/c1-2-3-4-5-10(9-8)6(7)11/h9H,2-5,8H2,1H3,(H2,7,11). The van der Waals surface area contributed by atoms with E-state index in [2.05, 4.69) is 12.5 Å². The first kappa shape index (κ1) is 10.6. The van der Waals surface area contributed by atoms with Crippen LogP contribution in [0.4, 0.5) is 0 Å². The molecule has 0 bridgehead atoms. The highest BCUT2D eigenvalue weighted by molar-refractivity contribution is 7.80. The van der Waals surface area contributed by atoms with E-state index >= 15 is 0 Å².